The third-order valence-corrected chi connectivity index (χ3v) is 7.13. The second-order valence-electron chi connectivity index (χ2n) is 8.22. The van der Waals surface area contributed by atoms with Crippen LogP contribution in [0.2, 0.25) is 6.32 Å². The monoisotopic (exact) mass is 442 g/mol. The lowest BCUT2D eigenvalue weighted by molar-refractivity contribution is 0.257. The molecule has 4 rings (SSSR count). The second-order valence-corrected chi connectivity index (χ2v) is 9.44. The Kier molecular flexibility index (Phi) is 6.64. The summed E-state index contributed by atoms with van der Waals surface area (Å²) < 4.78 is 15.1. The number of urea groups is 1. The lowest BCUT2D eigenvalue weighted by Crippen LogP contribution is -2.31. The van der Waals surface area contributed by atoms with Crippen LogP contribution in [-0.4, -0.2) is 32.5 Å². The molecule has 0 saturated carbocycles. The molecule has 9 heteroatoms. The van der Waals surface area contributed by atoms with Gasteiger partial charge in [0.25, 0.3) is 0 Å². The van der Waals surface area contributed by atoms with E-state index in [1.807, 2.05) is 0 Å². The normalized spacial score (nSPS) is 15.3. The van der Waals surface area contributed by atoms with E-state index in [0.29, 0.717) is 23.3 Å². The third-order valence-electron chi connectivity index (χ3n) is 6.08. The molecule has 0 saturated heterocycles. The van der Waals surface area contributed by atoms with Gasteiger partial charge in [0.1, 0.15) is 5.75 Å². The summed E-state index contributed by atoms with van der Waals surface area (Å²) in [5.41, 5.74) is 6.55. The highest BCUT2D eigenvalue weighted by Gasteiger charge is 2.25. The highest BCUT2D eigenvalue weighted by Crippen LogP contribution is 2.38. The second kappa shape index (κ2) is 9.42. The SMILES string of the molecule is O=C(Nc1c2c(cc3c1CCC3)CCC2)NS(=O)c1ccc(CCCB(O)O)c(O)c1. The minimum Gasteiger partial charge on any atom is -0.508 e. The summed E-state index contributed by atoms with van der Waals surface area (Å²) in [6.45, 7) is 0. The van der Waals surface area contributed by atoms with Gasteiger partial charge < -0.3 is 20.5 Å². The van der Waals surface area contributed by atoms with Crippen LogP contribution >= 0.6 is 0 Å². The smallest absolute Gasteiger partial charge is 0.451 e. The van der Waals surface area contributed by atoms with Gasteiger partial charge >= 0.3 is 13.1 Å². The van der Waals surface area contributed by atoms with Gasteiger partial charge in [-0.05, 0) is 91.2 Å². The van der Waals surface area contributed by atoms with Gasteiger partial charge in [-0.1, -0.05) is 18.6 Å². The number of benzene rings is 2. The molecule has 1 unspecified atom stereocenters. The van der Waals surface area contributed by atoms with Crippen LogP contribution in [0.15, 0.2) is 29.2 Å². The molecule has 31 heavy (non-hydrogen) atoms. The van der Waals surface area contributed by atoms with Crippen LogP contribution in [-0.2, 0) is 43.1 Å². The van der Waals surface area contributed by atoms with Crippen molar-refractivity contribution in [3.05, 3.63) is 52.1 Å². The molecular formula is C22H27BN2O5S. The van der Waals surface area contributed by atoms with Crippen molar-refractivity contribution in [1.82, 2.24) is 4.72 Å². The number of phenolic OH excluding ortho intramolecular Hbond substituents is 1. The van der Waals surface area contributed by atoms with Gasteiger partial charge in [0.2, 0.25) is 0 Å². The fourth-order valence-corrected chi connectivity index (χ4v) is 5.34. The van der Waals surface area contributed by atoms with Crippen molar-refractivity contribution in [3.63, 3.8) is 0 Å². The minimum absolute atomic E-state index is 0.0285. The number of carbonyl (C=O) groups excluding carboxylic acids is 1. The number of anilines is 1. The molecule has 0 spiro atoms. The molecule has 2 aliphatic carbocycles. The van der Waals surface area contributed by atoms with Crippen LogP contribution in [0.3, 0.4) is 0 Å². The van der Waals surface area contributed by atoms with E-state index in [4.69, 9.17) is 10.0 Å². The molecule has 164 valence electrons. The lowest BCUT2D eigenvalue weighted by Gasteiger charge is -2.16. The number of carbonyl (C=O) groups is 1. The fraction of sp³-hybridized carbons (Fsp3) is 0.409. The Hall–Kier alpha value is -2.36. The van der Waals surface area contributed by atoms with E-state index in [1.165, 1.54) is 28.3 Å². The average molecular weight is 442 g/mol. The van der Waals surface area contributed by atoms with Crippen LogP contribution in [0.5, 0.6) is 5.75 Å². The first-order valence-corrected chi connectivity index (χ1v) is 11.9. The van der Waals surface area contributed by atoms with Crippen molar-refractivity contribution < 1.29 is 24.2 Å². The Morgan fingerprint density at radius 1 is 1.03 bits per heavy atom. The van der Waals surface area contributed by atoms with Gasteiger partial charge in [0.05, 0.1) is 4.90 Å². The Morgan fingerprint density at radius 2 is 1.71 bits per heavy atom. The predicted octanol–water partition coefficient (Wildman–Crippen LogP) is 2.62. The topological polar surface area (TPSA) is 119 Å². The zero-order valence-corrected chi connectivity index (χ0v) is 18.1. The van der Waals surface area contributed by atoms with Gasteiger partial charge in [0.15, 0.2) is 11.0 Å². The van der Waals surface area contributed by atoms with Crippen LogP contribution in [0.25, 0.3) is 0 Å². The molecule has 2 aliphatic rings. The quantitative estimate of drug-likeness (QED) is 0.423. The zero-order chi connectivity index (χ0) is 22.0. The number of amides is 2. The molecule has 7 nitrogen and oxygen atoms in total. The summed E-state index contributed by atoms with van der Waals surface area (Å²) in [4.78, 5) is 12.9. The van der Waals surface area contributed by atoms with Crippen molar-refractivity contribution in [2.24, 2.45) is 0 Å². The first-order valence-electron chi connectivity index (χ1n) is 10.8. The Bertz CT molecular complexity index is 995. The summed E-state index contributed by atoms with van der Waals surface area (Å²) in [6, 6.07) is 6.38. The third kappa shape index (κ3) is 4.94. The molecule has 0 aromatic heterocycles. The average Bonchev–Trinajstić information content (AvgIpc) is 3.38. The lowest BCUT2D eigenvalue weighted by atomic mass is 9.83. The molecule has 2 aromatic carbocycles. The van der Waals surface area contributed by atoms with E-state index in [-0.39, 0.29) is 12.1 Å². The van der Waals surface area contributed by atoms with Crippen molar-refractivity contribution in [2.75, 3.05) is 5.32 Å². The number of hydrogen-bond acceptors (Lipinski definition) is 5. The molecule has 2 amide bonds. The number of phenols is 1. The van der Waals surface area contributed by atoms with E-state index in [1.54, 1.807) is 12.1 Å². The highest BCUT2D eigenvalue weighted by molar-refractivity contribution is 7.83. The predicted molar refractivity (Wildman–Crippen MR) is 120 cm³/mol. The van der Waals surface area contributed by atoms with E-state index in [2.05, 4.69) is 16.1 Å². The Morgan fingerprint density at radius 3 is 2.32 bits per heavy atom. The number of nitrogens with one attached hydrogen (secondary N) is 2. The van der Waals surface area contributed by atoms with Crippen molar-refractivity contribution in [1.29, 1.82) is 0 Å². The summed E-state index contributed by atoms with van der Waals surface area (Å²) in [7, 11) is -3.19. The maximum absolute atomic E-state index is 12.6. The first kappa shape index (κ1) is 21.9. The van der Waals surface area contributed by atoms with Crippen molar-refractivity contribution >= 4 is 29.8 Å². The maximum atomic E-state index is 12.6. The molecule has 2 aromatic rings. The number of rotatable bonds is 7. The zero-order valence-electron chi connectivity index (χ0n) is 17.3. The van der Waals surface area contributed by atoms with Gasteiger partial charge in [-0.2, -0.15) is 0 Å². The maximum Gasteiger partial charge on any atom is 0.451 e. The Balaban J connectivity index is 1.42. The van der Waals surface area contributed by atoms with Crippen LogP contribution in [0.1, 0.15) is 47.1 Å². The van der Waals surface area contributed by atoms with Gasteiger partial charge in [-0.3, -0.25) is 4.72 Å². The summed E-state index contributed by atoms with van der Waals surface area (Å²) >= 11 is 0. The first-order chi connectivity index (χ1) is 14.9. The van der Waals surface area contributed by atoms with E-state index in [9.17, 15) is 14.1 Å². The molecule has 0 fully saturated rings. The summed E-state index contributed by atoms with van der Waals surface area (Å²) in [5, 5.41) is 31.0. The van der Waals surface area contributed by atoms with E-state index < -0.39 is 24.1 Å². The molecule has 5 N–H and O–H groups in total. The minimum atomic E-state index is -1.82. The van der Waals surface area contributed by atoms with Gasteiger partial charge in [0, 0.05) is 5.69 Å². The number of hydrogen-bond donors (Lipinski definition) is 5. The standard InChI is InChI=1S/C22H27BN2O5S/c26-20-13-17(10-9-14(20)6-3-11-23(28)29)31(30)25-22(27)24-21-18-7-1-4-15(18)12-16-5-2-8-19(16)21/h9-10,12-13,26,28-29H,1-8,11H2,(H2,24,25,27). The fourth-order valence-electron chi connectivity index (χ4n) is 4.59. The van der Waals surface area contributed by atoms with Crippen LogP contribution in [0.4, 0.5) is 10.5 Å². The van der Waals surface area contributed by atoms with Gasteiger partial charge in [-0.15, -0.1) is 0 Å². The van der Waals surface area contributed by atoms with E-state index in [0.717, 1.165) is 44.2 Å². The summed E-state index contributed by atoms with van der Waals surface area (Å²) in [5.74, 6) is -0.0285. The van der Waals surface area contributed by atoms with Gasteiger partial charge in [-0.25, -0.2) is 9.00 Å². The highest BCUT2D eigenvalue weighted by atomic mass is 32.2. The van der Waals surface area contributed by atoms with Crippen LogP contribution < -0.4 is 10.0 Å². The molecule has 1 atom stereocenters. The van der Waals surface area contributed by atoms with Crippen molar-refractivity contribution in [3.8, 4) is 5.75 Å². The molecule has 0 bridgehead atoms. The Labute approximate surface area is 184 Å². The number of aryl methyl sites for hydroxylation is 3. The largest absolute Gasteiger partial charge is 0.508 e. The molecule has 0 aliphatic heterocycles. The number of fused-ring (bicyclic) bond motifs is 2. The number of aromatic hydroxyl groups is 1. The summed E-state index contributed by atoms with van der Waals surface area (Å²) in [6.07, 6.45) is 7.32. The van der Waals surface area contributed by atoms with Crippen molar-refractivity contribution in [2.45, 2.75) is 62.6 Å². The van der Waals surface area contributed by atoms with E-state index >= 15 is 0 Å². The molecule has 0 radical (unpaired) electrons. The molecular weight excluding hydrogens is 415 g/mol. The molecule has 0 heterocycles. The van der Waals surface area contributed by atoms with Crippen LogP contribution in [0, 0.1) is 0 Å².